The monoisotopic (exact) mass is 442 g/mol. The molecule has 1 spiro atoms. The van der Waals surface area contributed by atoms with Gasteiger partial charge in [-0.3, -0.25) is 19.7 Å². The zero-order valence-corrected chi connectivity index (χ0v) is 19.1. The van der Waals surface area contributed by atoms with Crippen LogP contribution < -0.4 is 0 Å². The normalized spacial score (nSPS) is 23.4. The van der Waals surface area contributed by atoms with Gasteiger partial charge in [0, 0.05) is 63.4 Å². The molecule has 5 rings (SSSR count). The molecule has 4 heterocycles. The summed E-state index contributed by atoms with van der Waals surface area (Å²) in [6, 6.07) is 16.7. The SMILES string of the molecule is CCc1ccc(CN2C[C@@H](c3cccnc3)[C@@]3(C2)OCCN(Cc2ccncc2)C3=O)cc1. The van der Waals surface area contributed by atoms with Crippen LogP contribution in [-0.4, -0.2) is 57.5 Å². The first-order valence-corrected chi connectivity index (χ1v) is 11.7. The van der Waals surface area contributed by atoms with E-state index >= 15 is 0 Å². The summed E-state index contributed by atoms with van der Waals surface area (Å²) in [5, 5.41) is 0. The lowest BCUT2D eigenvalue weighted by Crippen LogP contribution is -2.59. The fourth-order valence-electron chi connectivity index (χ4n) is 5.12. The quantitative estimate of drug-likeness (QED) is 0.585. The molecule has 3 aromatic rings. The third-order valence-corrected chi connectivity index (χ3v) is 6.88. The van der Waals surface area contributed by atoms with Crippen molar-refractivity contribution in [2.24, 2.45) is 0 Å². The van der Waals surface area contributed by atoms with Crippen molar-refractivity contribution in [3.63, 3.8) is 0 Å². The molecular weight excluding hydrogens is 412 g/mol. The number of likely N-dealkylation sites (tertiary alicyclic amines) is 1. The molecule has 0 bridgehead atoms. The van der Waals surface area contributed by atoms with Crippen molar-refractivity contribution in [3.8, 4) is 0 Å². The number of carbonyl (C=O) groups excluding carboxylic acids is 1. The Labute approximate surface area is 195 Å². The van der Waals surface area contributed by atoms with Gasteiger partial charge in [-0.2, -0.15) is 0 Å². The maximum atomic E-state index is 14.0. The third kappa shape index (κ3) is 4.41. The van der Waals surface area contributed by atoms with Gasteiger partial charge in [0.1, 0.15) is 0 Å². The fraction of sp³-hybridized carbons (Fsp3) is 0.370. The molecule has 2 aromatic heterocycles. The first-order valence-electron chi connectivity index (χ1n) is 11.7. The van der Waals surface area contributed by atoms with Crippen molar-refractivity contribution < 1.29 is 9.53 Å². The Morgan fingerprint density at radius 1 is 0.970 bits per heavy atom. The van der Waals surface area contributed by atoms with E-state index in [9.17, 15) is 4.79 Å². The minimum absolute atomic E-state index is 0.0612. The Balaban J connectivity index is 1.42. The second-order valence-electron chi connectivity index (χ2n) is 9.00. The van der Waals surface area contributed by atoms with Crippen molar-refractivity contribution in [3.05, 3.63) is 95.6 Å². The number of amides is 1. The van der Waals surface area contributed by atoms with E-state index in [1.165, 1.54) is 11.1 Å². The predicted octanol–water partition coefficient (Wildman–Crippen LogP) is 3.44. The molecule has 33 heavy (non-hydrogen) atoms. The summed E-state index contributed by atoms with van der Waals surface area (Å²) >= 11 is 0. The van der Waals surface area contributed by atoms with Gasteiger partial charge >= 0.3 is 0 Å². The summed E-state index contributed by atoms with van der Waals surface area (Å²) < 4.78 is 6.41. The number of pyridine rings is 2. The average molecular weight is 443 g/mol. The van der Waals surface area contributed by atoms with Crippen LogP contribution in [0.4, 0.5) is 0 Å². The van der Waals surface area contributed by atoms with Crippen LogP contribution in [0.5, 0.6) is 0 Å². The summed E-state index contributed by atoms with van der Waals surface area (Å²) in [6.07, 6.45) is 8.24. The Kier molecular flexibility index (Phi) is 6.20. The molecule has 0 N–H and O–H groups in total. The van der Waals surface area contributed by atoms with Crippen LogP contribution in [0.2, 0.25) is 0 Å². The highest BCUT2D eigenvalue weighted by Gasteiger charge is 2.56. The van der Waals surface area contributed by atoms with E-state index in [-0.39, 0.29) is 11.8 Å². The third-order valence-electron chi connectivity index (χ3n) is 6.88. The summed E-state index contributed by atoms with van der Waals surface area (Å²) in [4.78, 5) is 26.7. The number of morpholine rings is 1. The Bertz CT molecular complexity index is 1070. The first kappa shape index (κ1) is 21.7. The van der Waals surface area contributed by atoms with E-state index in [1.807, 2.05) is 29.3 Å². The van der Waals surface area contributed by atoms with Crippen molar-refractivity contribution in [1.29, 1.82) is 0 Å². The van der Waals surface area contributed by atoms with Crippen LogP contribution in [0.15, 0.2) is 73.3 Å². The van der Waals surface area contributed by atoms with Gasteiger partial charge < -0.3 is 9.64 Å². The maximum Gasteiger partial charge on any atom is 0.257 e. The number of aryl methyl sites for hydroxylation is 1. The molecule has 0 unspecified atom stereocenters. The van der Waals surface area contributed by atoms with Gasteiger partial charge in [0.05, 0.1) is 6.61 Å². The molecule has 2 fully saturated rings. The van der Waals surface area contributed by atoms with Gasteiger partial charge in [-0.15, -0.1) is 0 Å². The molecule has 2 atom stereocenters. The van der Waals surface area contributed by atoms with E-state index < -0.39 is 5.60 Å². The lowest BCUT2D eigenvalue weighted by Gasteiger charge is -2.42. The van der Waals surface area contributed by atoms with Crippen LogP contribution in [0.1, 0.15) is 35.1 Å². The molecular formula is C27H30N4O2. The molecule has 1 aromatic carbocycles. The first-order chi connectivity index (χ1) is 16.2. The summed E-state index contributed by atoms with van der Waals surface area (Å²) in [7, 11) is 0. The predicted molar refractivity (Wildman–Crippen MR) is 126 cm³/mol. The van der Waals surface area contributed by atoms with E-state index in [1.54, 1.807) is 18.6 Å². The van der Waals surface area contributed by atoms with Gasteiger partial charge in [0.2, 0.25) is 0 Å². The van der Waals surface area contributed by atoms with Crippen LogP contribution in [-0.2, 0) is 29.0 Å². The summed E-state index contributed by atoms with van der Waals surface area (Å²) in [6.45, 7) is 6.01. The van der Waals surface area contributed by atoms with E-state index in [0.29, 0.717) is 26.2 Å². The van der Waals surface area contributed by atoms with Crippen LogP contribution >= 0.6 is 0 Å². The van der Waals surface area contributed by atoms with Gasteiger partial charge in [-0.1, -0.05) is 37.3 Å². The highest BCUT2D eigenvalue weighted by molar-refractivity contribution is 5.88. The number of hydrogen-bond donors (Lipinski definition) is 0. The number of carbonyl (C=O) groups is 1. The van der Waals surface area contributed by atoms with E-state index in [0.717, 1.165) is 30.6 Å². The summed E-state index contributed by atoms with van der Waals surface area (Å²) in [5.41, 5.74) is 3.84. The lowest BCUT2D eigenvalue weighted by atomic mass is 9.83. The molecule has 2 saturated heterocycles. The van der Waals surface area contributed by atoms with Crippen LogP contribution in [0.3, 0.4) is 0 Å². The van der Waals surface area contributed by atoms with E-state index in [2.05, 4.69) is 52.1 Å². The van der Waals surface area contributed by atoms with Gasteiger partial charge in [0.25, 0.3) is 5.91 Å². The van der Waals surface area contributed by atoms with Crippen molar-refractivity contribution in [1.82, 2.24) is 19.8 Å². The molecule has 170 valence electrons. The molecule has 6 heteroatoms. The van der Waals surface area contributed by atoms with Gasteiger partial charge in [0.15, 0.2) is 5.60 Å². The average Bonchev–Trinajstić information content (AvgIpc) is 3.22. The molecule has 2 aliphatic heterocycles. The zero-order valence-electron chi connectivity index (χ0n) is 19.1. The second kappa shape index (κ2) is 9.41. The smallest absolute Gasteiger partial charge is 0.257 e. The van der Waals surface area contributed by atoms with Crippen molar-refractivity contribution in [2.45, 2.75) is 38.0 Å². The maximum absolute atomic E-state index is 14.0. The number of aromatic nitrogens is 2. The molecule has 0 aliphatic carbocycles. The summed E-state index contributed by atoms with van der Waals surface area (Å²) in [5.74, 6) is 0.0112. The second-order valence-corrected chi connectivity index (χ2v) is 9.00. The topological polar surface area (TPSA) is 58.6 Å². The molecule has 0 saturated carbocycles. The number of hydrogen-bond acceptors (Lipinski definition) is 5. The van der Waals surface area contributed by atoms with Crippen molar-refractivity contribution >= 4 is 5.91 Å². The Morgan fingerprint density at radius 2 is 1.73 bits per heavy atom. The Hall–Kier alpha value is -3.09. The largest absolute Gasteiger partial charge is 0.361 e. The minimum Gasteiger partial charge on any atom is -0.361 e. The van der Waals surface area contributed by atoms with Crippen LogP contribution in [0.25, 0.3) is 0 Å². The van der Waals surface area contributed by atoms with Crippen LogP contribution in [0, 0.1) is 0 Å². The highest BCUT2D eigenvalue weighted by Crippen LogP contribution is 2.42. The molecule has 2 aliphatic rings. The Morgan fingerprint density at radius 3 is 2.45 bits per heavy atom. The van der Waals surface area contributed by atoms with Gasteiger partial charge in [-0.25, -0.2) is 0 Å². The minimum atomic E-state index is -0.891. The number of ether oxygens (including phenoxy) is 1. The standard InChI is InChI=1S/C27H30N4O2/c1-2-21-5-7-22(8-6-21)17-30-19-25(24-4-3-11-29-16-24)27(20-30)26(32)31(14-15-33-27)18-23-9-12-28-13-10-23/h3-13,16,25H,2,14-15,17-20H2,1H3/t25-,27+/m0/s1. The zero-order chi connectivity index (χ0) is 22.7. The number of nitrogens with zero attached hydrogens (tertiary/aromatic N) is 4. The highest BCUT2D eigenvalue weighted by atomic mass is 16.5. The number of rotatable bonds is 6. The lowest BCUT2D eigenvalue weighted by molar-refractivity contribution is -0.173. The van der Waals surface area contributed by atoms with Gasteiger partial charge in [-0.05, 0) is 46.9 Å². The van der Waals surface area contributed by atoms with E-state index in [4.69, 9.17) is 4.74 Å². The molecule has 6 nitrogen and oxygen atoms in total. The molecule has 0 radical (unpaired) electrons. The molecule has 1 amide bonds. The fourth-order valence-corrected chi connectivity index (χ4v) is 5.12. The number of benzene rings is 1. The van der Waals surface area contributed by atoms with Crippen molar-refractivity contribution in [2.75, 3.05) is 26.2 Å².